The van der Waals surface area contributed by atoms with Crippen LogP contribution in [0.4, 0.5) is 13.2 Å². The summed E-state index contributed by atoms with van der Waals surface area (Å²) < 4.78 is 35.1. The topological polar surface area (TPSA) is 0 Å². The maximum absolute atomic E-state index is 11.7. The minimum absolute atomic E-state index is 0. The van der Waals surface area contributed by atoms with Crippen LogP contribution in [0.2, 0.25) is 0 Å². The van der Waals surface area contributed by atoms with Crippen molar-refractivity contribution in [3.63, 3.8) is 0 Å². The summed E-state index contributed by atoms with van der Waals surface area (Å²) in [6.45, 7) is 0. The molecule has 0 aromatic heterocycles. The average molecular weight is 237 g/mol. The summed E-state index contributed by atoms with van der Waals surface area (Å²) in [4.78, 5) is 0.191. The van der Waals surface area contributed by atoms with Gasteiger partial charge in [-0.05, 0) is 11.8 Å². The van der Waals surface area contributed by atoms with Crippen molar-refractivity contribution in [2.75, 3.05) is 0 Å². The predicted octanol–water partition coefficient (Wildman–Crippen LogP) is -0.278. The molecule has 0 atom stereocenters. The van der Waals surface area contributed by atoms with Crippen molar-refractivity contribution in [1.82, 2.24) is 0 Å². The average Bonchev–Trinajstić information content (AvgIpc) is 1.85. The molecular formula is C7H4ClF3MgS. The van der Waals surface area contributed by atoms with Crippen LogP contribution < -0.4 is 12.4 Å². The van der Waals surface area contributed by atoms with E-state index in [0.717, 1.165) is 0 Å². The van der Waals surface area contributed by atoms with Crippen LogP contribution in [-0.2, 0) is 0 Å². The molecule has 13 heavy (non-hydrogen) atoms. The molecular weight excluding hydrogens is 233 g/mol. The Balaban J connectivity index is 0. The van der Waals surface area contributed by atoms with Crippen LogP contribution in [0.3, 0.4) is 0 Å². The largest absolute Gasteiger partial charge is 2.00 e. The molecule has 1 rings (SSSR count). The number of halogens is 4. The summed E-state index contributed by atoms with van der Waals surface area (Å²) in [6.07, 6.45) is 0. The molecule has 0 amide bonds. The normalized spacial score (nSPS) is 9.77. The second-order valence-electron chi connectivity index (χ2n) is 1.78. The molecule has 0 nitrogen and oxygen atoms in total. The summed E-state index contributed by atoms with van der Waals surface area (Å²) in [5, 5.41) is 0. The molecule has 1 aromatic rings. The van der Waals surface area contributed by atoms with Crippen molar-refractivity contribution in [2.45, 2.75) is 10.4 Å². The molecule has 0 aliphatic heterocycles. The van der Waals surface area contributed by atoms with E-state index < -0.39 is 5.51 Å². The monoisotopic (exact) mass is 236 g/mol. The first kappa shape index (κ1) is 15.9. The van der Waals surface area contributed by atoms with Crippen LogP contribution in [0, 0.1) is 6.07 Å². The molecule has 0 saturated heterocycles. The Morgan fingerprint density at radius 2 is 1.62 bits per heavy atom. The van der Waals surface area contributed by atoms with Crippen molar-refractivity contribution in [1.29, 1.82) is 0 Å². The van der Waals surface area contributed by atoms with Crippen LogP contribution in [0.5, 0.6) is 0 Å². The van der Waals surface area contributed by atoms with Gasteiger partial charge in [-0.15, -0.1) is 0 Å². The van der Waals surface area contributed by atoms with Crippen molar-refractivity contribution < 1.29 is 25.6 Å². The molecule has 0 spiro atoms. The zero-order valence-corrected chi connectivity index (χ0v) is 9.42. The molecule has 0 aliphatic rings. The fraction of sp³-hybridized carbons (Fsp3) is 0.143. The van der Waals surface area contributed by atoms with Gasteiger partial charge < -0.3 is 12.4 Å². The molecule has 6 heteroatoms. The first-order chi connectivity index (χ1) is 5.08. The number of alkyl halides is 3. The van der Waals surface area contributed by atoms with Gasteiger partial charge in [0.15, 0.2) is 0 Å². The van der Waals surface area contributed by atoms with E-state index >= 15 is 0 Å². The molecule has 0 N–H and O–H groups in total. The summed E-state index contributed by atoms with van der Waals surface area (Å²) in [5.41, 5.74) is -4.19. The molecule has 0 radical (unpaired) electrons. The van der Waals surface area contributed by atoms with Gasteiger partial charge in [0.25, 0.3) is 0 Å². The SMILES string of the molecule is FC(F)(F)Sc1cc[c-]cc1.[Cl-].[Mg+2]. The van der Waals surface area contributed by atoms with E-state index in [1.165, 1.54) is 24.3 Å². The molecule has 0 fully saturated rings. The molecule has 68 valence electrons. The zero-order chi connectivity index (χ0) is 8.32. The smallest absolute Gasteiger partial charge is 1.00 e. The van der Waals surface area contributed by atoms with Crippen molar-refractivity contribution >= 4 is 34.8 Å². The summed E-state index contributed by atoms with van der Waals surface area (Å²) in [7, 11) is 0. The van der Waals surface area contributed by atoms with E-state index in [1.807, 2.05) is 0 Å². The standard InChI is InChI=1S/C7H4F3S.ClH.Mg/c8-7(9,10)11-6-4-2-1-3-5-6;;/h2-5H;1H;/q-1;;+2/p-1. The number of benzene rings is 1. The fourth-order valence-corrected chi connectivity index (χ4v) is 1.11. The second kappa shape index (κ2) is 6.81. The van der Waals surface area contributed by atoms with E-state index in [2.05, 4.69) is 6.07 Å². The van der Waals surface area contributed by atoms with Crippen LogP contribution in [-0.4, -0.2) is 28.6 Å². The van der Waals surface area contributed by atoms with E-state index in [0.29, 0.717) is 0 Å². The Bertz CT molecular complexity index is 227. The molecule has 0 unspecified atom stereocenters. The Morgan fingerprint density at radius 1 is 1.15 bits per heavy atom. The van der Waals surface area contributed by atoms with Gasteiger partial charge in [-0.3, -0.25) is 0 Å². The van der Waals surface area contributed by atoms with Gasteiger partial charge in [0.2, 0.25) is 0 Å². The summed E-state index contributed by atoms with van der Waals surface area (Å²) >= 11 is -0.119. The van der Waals surface area contributed by atoms with E-state index in [-0.39, 0.29) is 52.1 Å². The van der Waals surface area contributed by atoms with E-state index in [4.69, 9.17) is 0 Å². The van der Waals surface area contributed by atoms with E-state index in [1.54, 1.807) is 0 Å². The summed E-state index contributed by atoms with van der Waals surface area (Å²) in [6, 6.07) is 8.29. The van der Waals surface area contributed by atoms with Gasteiger partial charge in [0.05, 0.1) is 0 Å². The Labute approximate surface area is 101 Å². The molecule has 0 heterocycles. The van der Waals surface area contributed by atoms with Crippen molar-refractivity contribution in [2.24, 2.45) is 0 Å². The number of hydrogen-bond donors (Lipinski definition) is 0. The van der Waals surface area contributed by atoms with Crippen LogP contribution in [0.25, 0.3) is 0 Å². The number of rotatable bonds is 1. The quantitative estimate of drug-likeness (QED) is 0.368. The van der Waals surface area contributed by atoms with Gasteiger partial charge in [0, 0.05) is 0 Å². The fourth-order valence-electron chi connectivity index (χ4n) is 0.573. The van der Waals surface area contributed by atoms with Crippen molar-refractivity contribution in [3.05, 3.63) is 30.3 Å². The molecule has 0 bridgehead atoms. The minimum atomic E-state index is -4.19. The zero-order valence-electron chi connectivity index (χ0n) is 6.44. The molecule has 1 aromatic carbocycles. The first-order valence-corrected chi connectivity index (χ1v) is 3.61. The van der Waals surface area contributed by atoms with Gasteiger partial charge in [-0.1, -0.05) is 4.90 Å². The Kier molecular flexibility index (Phi) is 8.31. The Morgan fingerprint density at radius 3 is 2.00 bits per heavy atom. The number of thioether (sulfide) groups is 1. The van der Waals surface area contributed by atoms with E-state index in [9.17, 15) is 13.2 Å². The predicted molar refractivity (Wildman–Crippen MR) is 42.9 cm³/mol. The molecule has 0 aliphatic carbocycles. The second-order valence-corrected chi connectivity index (χ2v) is 2.92. The maximum atomic E-state index is 11.7. The van der Waals surface area contributed by atoms with Crippen LogP contribution in [0.1, 0.15) is 0 Å². The Hall–Kier alpha value is 0.416. The van der Waals surface area contributed by atoms with Gasteiger partial charge >= 0.3 is 28.6 Å². The van der Waals surface area contributed by atoms with Gasteiger partial charge in [-0.25, -0.2) is 0 Å². The summed E-state index contributed by atoms with van der Waals surface area (Å²) in [5.74, 6) is 0. The van der Waals surface area contributed by atoms with Gasteiger partial charge in [0.1, 0.15) is 0 Å². The number of hydrogen-bond acceptors (Lipinski definition) is 1. The third kappa shape index (κ3) is 7.48. The first-order valence-electron chi connectivity index (χ1n) is 2.80. The van der Waals surface area contributed by atoms with Crippen molar-refractivity contribution in [3.8, 4) is 0 Å². The third-order valence-corrected chi connectivity index (χ3v) is 1.66. The molecule has 0 saturated carbocycles. The maximum Gasteiger partial charge on any atom is 2.00 e. The minimum Gasteiger partial charge on any atom is -1.00 e. The van der Waals surface area contributed by atoms with Crippen LogP contribution in [0.15, 0.2) is 29.2 Å². The third-order valence-electron chi connectivity index (χ3n) is 0.921. The van der Waals surface area contributed by atoms with Crippen LogP contribution >= 0.6 is 11.8 Å². The van der Waals surface area contributed by atoms with Gasteiger partial charge in [-0.2, -0.15) is 43.5 Å².